The van der Waals surface area contributed by atoms with Crippen molar-refractivity contribution in [3.63, 3.8) is 0 Å². The van der Waals surface area contributed by atoms with Gasteiger partial charge in [0.05, 0.1) is 17.9 Å². The number of halogens is 2. The number of benzene rings is 1. The average Bonchev–Trinajstić information content (AvgIpc) is 2.88. The van der Waals surface area contributed by atoms with Gasteiger partial charge in [0.15, 0.2) is 11.6 Å². The van der Waals surface area contributed by atoms with Gasteiger partial charge in [-0.15, -0.1) is 0 Å². The third-order valence-corrected chi connectivity index (χ3v) is 3.12. The van der Waals surface area contributed by atoms with Gasteiger partial charge >= 0.3 is 0 Å². The maximum absolute atomic E-state index is 13.4. The number of rotatable bonds is 5. The van der Waals surface area contributed by atoms with E-state index in [1.165, 1.54) is 12.1 Å². The van der Waals surface area contributed by atoms with Crippen molar-refractivity contribution in [2.75, 3.05) is 5.32 Å². The van der Waals surface area contributed by atoms with E-state index in [1.54, 1.807) is 0 Å². The van der Waals surface area contributed by atoms with E-state index in [-0.39, 0.29) is 5.69 Å². The predicted octanol–water partition coefficient (Wildman–Crippen LogP) is 3.74. The van der Waals surface area contributed by atoms with Gasteiger partial charge in [-0.3, -0.25) is 4.68 Å². The van der Waals surface area contributed by atoms with Crippen LogP contribution in [0.25, 0.3) is 0 Å². The Balaban J connectivity index is 2.02. The van der Waals surface area contributed by atoms with Crippen molar-refractivity contribution in [2.45, 2.75) is 32.9 Å². The molecule has 1 unspecified atom stereocenters. The van der Waals surface area contributed by atoms with E-state index in [1.807, 2.05) is 16.9 Å². The summed E-state index contributed by atoms with van der Waals surface area (Å²) in [4.78, 5) is 0. The number of anilines is 1. The van der Waals surface area contributed by atoms with Crippen LogP contribution in [0.5, 0.6) is 0 Å². The summed E-state index contributed by atoms with van der Waals surface area (Å²) in [6.45, 7) is 4.53. The zero-order chi connectivity index (χ0) is 13.8. The van der Waals surface area contributed by atoms with Gasteiger partial charge in [0.2, 0.25) is 0 Å². The third kappa shape index (κ3) is 3.10. The monoisotopic (exact) mass is 265 g/mol. The smallest absolute Gasteiger partial charge is 0.181 e. The summed E-state index contributed by atoms with van der Waals surface area (Å²) in [7, 11) is 0. The maximum atomic E-state index is 13.4. The normalized spacial score (nSPS) is 12.4. The van der Waals surface area contributed by atoms with Crippen molar-refractivity contribution in [3.8, 4) is 0 Å². The van der Waals surface area contributed by atoms with Crippen LogP contribution in [-0.4, -0.2) is 9.78 Å². The number of nitrogens with one attached hydrogen (secondary N) is 1. The van der Waals surface area contributed by atoms with Gasteiger partial charge in [0, 0.05) is 12.2 Å². The quantitative estimate of drug-likeness (QED) is 0.892. The molecule has 2 aromatic rings. The summed E-state index contributed by atoms with van der Waals surface area (Å²) < 4.78 is 28.3. The highest BCUT2D eigenvalue weighted by molar-refractivity contribution is 5.45. The molecule has 102 valence electrons. The van der Waals surface area contributed by atoms with Crippen LogP contribution in [-0.2, 0) is 6.54 Å². The summed E-state index contributed by atoms with van der Waals surface area (Å²) in [5.41, 5.74) is 0.946. The van der Waals surface area contributed by atoms with Crippen molar-refractivity contribution in [3.05, 3.63) is 47.8 Å². The largest absolute Gasteiger partial charge is 0.377 e. The molecule has 0 radical (unpaired) electrons. The van der Waals surface area contributed by atoms with Gasteiger partial charge < -0.3 is 5.32 Å². The number of hydrogen-bond donors (Lipinski definition) is 1. The lowest BCUT2D eigenvalue weighted by atomic mass is 10.3. The van der Waals surface area contributed by atoms with Crippen LogP contribution in [0.1, 0.15) is 32.0 Å². The molecule has 0 aliphatic rings. The van der Waals surface area contributed by atoms with E-state index in [9.17, 15) is 8.78 Å². The molecule has 0 bridgehead atoms. The van der Waals surface area contributed by atoms with Crippen LogP contribution in [0.15, 0.2) is 30.5 Å². The second kappa shape index (κ2) is 5.82. The van der Waals surface area contributed by atoms with Crippen LogP contribution in [0.4, 0.5) is 14.5 Å². The van der Waals surface area contributed by atoms with Crippen LogP contribution in [0.3, 0.4) is 0 Å². The Hall–Kier alpha value is -1.91. The Labute approximate surface area is 111 Å². The molecule has 0 spiro atoms. The summed E-state index contributed by atoms with van der Waals surface area (Å²) in [6.07, 6.45) is 2.89. The Morgan fingerprint density at radius 3 is 2.84 bits per heavy atom. The fourth-order valence-electron chi connectivity index (χ4n) is 1.73. The zero-order valence-electron chi connectivity index (χ0n) is 11.0. The Morgan fingerprint density at radius 1 is 1.32 bits per heavy atom. The lowest BCUT2D eigenvalue weighted by Gasteiger charge is -2.09. The van der Waals surface area contributed by atoms with Crippen LogP contribution in [0.2, 0.25) is 0 Å². The van der Waals surface area contributed by atoms with Crippen molar-refractivity contribution >= 4 is 5.69 Å². The fraction of sp³-hybridized carbons (Fsp3) is 0.357. The standard InChI is InChI=1S/C14H17F2N3/c1-3-10(2)19-8-7-11(18-19)9-17-13-6-4-5-12(15)14(13)16/h4-8,10,17H,3,9H2,1-2H3. The molecule has 1 N–H and O–H groups in total. The van der Waals surface area contributed by atoms with E-state index >= 15 is 0 Å². The summed E-state index contributed by atoms with van der Waals surface area (Å²) in [5.74, 6) is -1.71. The van der Waals surface area contributed by atoms with Crippen molar-refractivity contribution < 1.29 is 8.78 Å². The van der Waals surface area contributed by atoms with Crippen LogP contribution >= 0.6 is 0 Å². The molecular formula is C14H17F2N3. The van der Waals surface area contributed by atoms with Crippen LogP contribution in [0, 0.1) is 11.6 Å². The van der Waals surface area contributed by atoms with Gasteiger partial charge in [-0.1, -0.05) is 13.0 Å². The van der Waals surface area contributed by atoms with Gasteiger partial charge in [-0.2, -0.15) is 5.10 Å². The van der Waals surface area contributed by atoms with Crippen molar-refractivity contribution in [1.82, 2.24) is 9.78 Å². The fourth-order valence-corrected chi connectivity index (χ4v) is 1.73. The highest BCUT2D eigenvalue weighted by atomic mass is 19.2. The molecule has 2 rings (SSSR count). The highest BCUT2D eigenvalue weighted by Gasteiger charge is 2.08. The Bertz CT molecular complexity index is 551. The molecule has 1 aromatic carbocycles. The number of hydrogen-bond acceptors (Lipinski definition) is 2. The van der Waals surface area contributed by atoms with E-state index in [2.05, 4.69) is 24.3 Å². The molecule has 0 fully saturated rings. The van der Waals surface area contributed by atoms with Crippen molar-refractivity contribution in [2.24, 2.45) is 0 Å². The summed E-state index contributed by atoms with van der Waals surface area (Å²) >= 11 is 0. The molecule has 5 heteroatoms. The third-order valence-electron chi connectivity index (χ3n) is 3.12. The SMILES string of the molecule is CCC(C)n1ccc(CNc2cccc(F)c2F)n1. The van der Waals surface area contributed by atoms with Crippen LogP contribution < -0.4 is 5.32 Å². The highest BCUT2D eigenvalue weighted by Crippen LogP contribution is 2.17. The topological polar surface area (TPSA) is 29.9 Å². The zero-order valence-corrected chi connectivity index (χ0v) is 11.0. The second-order valence-electron chi connectivity index (χ2n) is 4.50. The first-order valence-corrected chi connectivity index (χ1v) is 6.33. The minimum Gasteiger partial charge on any atom is -0.377 e. The van der Waals surface area contributed by atoms with Gasteiger partial charge in [0.1, 0.15) is 0 Å². The minimum atomic E-state index is -0.858. The molecule has 0 saturated carbocycles. The molecule has 1 atom stereocenters. The predicted molar refractivity (Wildman–Crippen MR) is 70.9 cm³/mol. The molecule has 0 aliphatic heterocycles. The molecule has 19 heavy (non-hydrogen) atoms. The minimum absolute atomic E-state index is 0.151. The molecule has 0 amide bonds. The van der Waals surface area contributed by atoms with Gasteiger partial charge in [-0.05, 0) is 31.5 Å². The summed E-state index contributed by atoms with van der Waals surface area (Å²) in [6, 6.07) is 6.27. The molecule has 0 saturated heterocycles. The first kappa shape index (κ1) is 13.5. The van der Waals surface area contributed by atoms with E-state index < -0.39 is 11.6 Å². The van der Waals surface area contributed by atoms with E-state index in [4.69, 9.17) is 0 Å². The Morgan fingerprint density at radius 2 is 2.11 bits per heavy atom. The average molecular weight is 265 g/mol. The lowest BCUT2D eigenvalue weighted by Crippen LogP contribution is -2.07. The first-order chi connectivity index (χ1) is 9.11. The molecule has 1 aromatic heterocycles. The first-order valence-electron chi connectivity index (χ1n) is 6.33. The number of aromatic nitrogens is 2. The van der Waals surface area contributed by atoms with E-state index in [0.29, 0.717) is 12.6 Å². The van der Waals surface area contributed by atoms with Gasteiger partial charge in [0.25, 0.3) is 0 Å². The molecule has 1 heterocycles. The summed E-state index contributed by atoms with van der Waals surface area (Å²) in [5, 5.41) is 7.24. The molecule has 0 aliphatic carbocycles. The Kier molecular flexibility index (Phi) is 4.14. The van der Waals surface area contributed by atoms with E-state index in [0.717, 1.165) is 18.2 Å². The number of nitrogens with zero attached hydrogens (tertiary/aromatic N) is 2. The van der Waals surface area contributed by atoms with Gasteiger partial charge in [-0.25, -0.2) is 8.78 Å². The lowest BCUT2D eigenvalue weighted by molar-refractivity contribution is 0.474. The second-order valence-corrected chi connectivity index (χ2v) is 4.50. The molecule has 3 nitrogen and oxygen atoms in total. The van der Waals surface area contributed by atoms with Crippen molar-refractivity contribution in [1.29, 1.82) is 0 Å². The maximum Gasteiger partial charge on any atom is 0.181 e. The molecular weight excluding hydrogens is 248 g/mol.